The zero-order valence-electron chi connectivity index (χ0n) is 11.3. The third kappa shape index (κ3) is 3.36. The molecule has 18 heavy (non-hydrogen) atoms. The van der Waals surface area contributed by atoms with Crippen LogP contribution in [0.2, 0.25) is 0 Å². The Balaban J connectivity index is 1.99. The van der Waals surface area contributed by atoms with Crippen LogP contribution in [0.25, 0.3) is 0 Å². The Labute approximate surface area is 114 Å². The zero-order valence-corrected chi connectivity index (χ0v) is 12.1. The van der Waals surface area contributed by atoms with E-state index in [1.807, 2.05) is 0 Å². The van der Waals surface area contributed by atoms with Crippen LogP contribution in [-0.4, -0.2) is 6.04 Å². The largest absolute Gasteiger partial charge is 0.382 e. The predicted octanol–water partition coefficient (Wildman–Crippen LogP) is 4.92. The average Bonchev–Trinajstić information content (AvgIpc) is 2.82. The summed E-state index contributed by atoms with van der Waals surface area (Å²) in [6.45, 7) is 6.88. The van der Waals surface area contributed by atoms with Crippen LogP contribution >= 0.6 is 11.3 Å². The predicted molar refractivity (Wildman–Crippen MR) is 81.5 cm³/mol. The molecule has 2 rings (SSSR count). The average molecular weight is 259 g/mol. The number of rotatable bonds is 5. The quantitative estimate of drug-likeness (QED) is 0.804. The van der Waals surface area contributed by atoms with Crippen LogP contribution in [0.15, 0.2) is 47.2 Å². The molecule has 0 saturated heterocycles. The van der Waals surface area contributed by atoms with Gasteiger partial charge in [-0.3, -0.25) is 0 Å². The van der Waals surface area contributed by atoms with Crippen LogP contribution in [0, 0.1) is 0 Å². The minimum Gasteiger partial charge on any atom is -0.382 e. The van der Waals surface area contributed by atoms with Crippen molar-refractivity contribution >= 4 is 17.0 Å². The second-order valence-corrected chi connectivity index (χ2v) is 6.29. The molecule has 1 atom stereocenters. The molecule has 1 unspecified atom stereocenters. The molecule has 1 aromatic heterocycles. The maximum Gasteiger partial charge on any atom is 0.0450 e. The molecule has 96 valence electrons. The summed E-state index contributed by atoms with van der Waals surface area (Å²) in [6.07, 6.45) is 1.12. The molecule has 0 aliphatic rings. The normalized spacial score (nSPS) is 13.3. The summed E-state index contributed by atoms with van der Waals surface area (Å²) >= 11 is 1.73. The molecule has 0 spiro atoms. The number of anilines is 1. The summed E-state index contributed by atoms with van der Waals surface area (Å²) in [7, 11) is 0. The van der Waals surface area contributed by atoms with E-state index in [9.17, 15) is 0 Å². The van der Waals surface area contributed by atoms with Crippen molar-refractivity contribution in [1.82, 2.24) is 0 Å². The smallest absolute Gasteiger partial charge is 0.0450 e. The SMILES string of the molecule is CC(CC(C)(C)c1ccccc1)Nc1ccsc1. The minimum absolute atomic E-state index is 0.198. The van der Waals surface area contributed by atoms with Gasteiger partial charge >= 0.3 is 0 Å². The van der Waals surface area contributed by atoms with Gasteiger partial charge in [-0.25, -0.2) is 0 Å². The molecular weight excluding hydrogens is 238 g/mol. The topological polar surface area (TPSA) is 12.0 Å². The maximum absolute atomic E-state index is 3.56. The Morgan fingerprint density at radius 3 is 2.50 bits per heavy atom. The van der Waals surface area contributed by atoms with Crippen LogP contribution in [0.3, 0.4) is 0 Å². The minimum atomic E-state index is 0.198. The third-order valence-corrected chi connectivity index (χ3v) is 3.99. The van der Waals surface area contributed by atoms with E-state index in [1.165, 1.54) is 11.3 Å². The zero-order chi connectivity index (χ0) is 13.0. The molecule has 0 amide bonds. The van der Waals surface area contributed by atoms with Crippen molar-refractivity contribution in [3.05, 3.63) is 52.7 Å². The number of benzene rings is 1. The number of hydrogen-bond acceptors (Lipinski definition) is 2. The van der Waals surface area contributed by atoms with E-state index >= 15 is 0 Å². The van der Waals surface area contributed by atoms with Gasteiger partial charge in [0.2, 0.25) is 0 Å². The van der Waals surface area contributed by atoms with Crippen molar-refractivity contribution < 1.29 is 0 Å². The monoisotopic (exact) mass is 259 g/mol. The van der Waals surface area contributed by atoms with Gasteiger partial charge < -0.3 is 5.32 Å². The molecule has 0 aliphatic carbocycles. The molecule has 0 radical (unpaired) electrons. The van der Waals surface area contributed by atoms with Crippen molar-refractivity contribution in [2.75, 3.05) is 5.32 Å². The summed E-state index contributed by atoms with van der Waals surface area (Å²) in [6, 6.07) is 13.4. The molecule has 1 nitrogen and oxygen atoms in total. The highest BCUT2D eigenvalue weighted by molar-refractivity contribution is 7.08. The molecule has 1 heterocycles. The molecule has 0 bridgehead atoms. The summed E-state index contributed by atoms with van der Waals surface area (Å²) in [5, 5.41) is 7.83. The van der Waals surface area contributed by atoms with Gasteiger partial charge in [-0.15, -0.1) is 0 Å². The first-order valence-electron chi connectivity index (χ1n) is 6.42. The third-order valence-electron chi connectivity index (χ3n) is 3.31. The highest BCUT2D eigenvalue weighted by Gasteiger charge is 2.23. The molecular formula is C16H21NS. The number of nitrogens with one attached hydrogen (secondary N) is 1. The van der Waals surface area contributed by atoms with Crippen LogP contribution in [0.5, 0.6) is 0 Å². The van der Waals surface area contributed by atoms with E-state index in [2.05, 4.69) is 73.2 Å². The van der Waals surface area contributed by atoms with Gasteiger partial charge in [0, 0.05) is 17.1 Å². The van der Waals surface area contributed by atoms with E-state index in [4.69, 9.17) is 0 Å². The standard InChI is InChI=1S/C16H21NS/c1-13(17-15-9-10-18-12-15)11-16(2,3)14-7-5-4-6-8-14/h4-10,12-13,17H,11H2,1-3H3. The summed E-state index contributed by atoms with van der Waals surface area (Å²) in [4.78, 5) is 0. The van der Waals surface area contributed by atoms with Gasteiger partial charge in [-0.1, -0.05) is 44.2 Å². The van der Waals surface area contributed by atoms with Crippen LogP contribution in [0.1, 0.15) is 32.8 Å². The first-order chi connectivity index (χ1) is 8.58. The van der Waals surface area contributed by atoms with Crippen molar-refractivity contribution in [2.24, 2.45) is 0 Å². The second kappa shape index (κ2) is 5.57. The van der Waals surface area contributed by atoms with Crippen molar-refractivity contribution in [1.29, 1.82) is 0 Å². The first kappa shape index (κ1) is 13.2. The fourth-order valence-electron chi connectivity index (χ4n) is 2.45. The van der Waals surface area contributed by atoms with Crippen LogP contribution in [-0.2, 0) is 5.41 Å². The molecule has 0 saturated carbocycles. The van der Waals surface area contributed by atoms with E-state index in [1.54, 1.807) is 11.3 Å². The van der Waals surface area contributed by atoms with Gasteiger partial charge in [-0.2, -0.15) is 11.3 Å². The fraction of sp³-hybridized carbons (Fsp3) is 0.375. The van der Waals surface area contributed by atoms with E-state index in [-0.39, 0.29) is 5.41 Å². The van der Waals surface area contributed by atoms with Gasteiger partial charge in [0.15, 0.2) is 0 Å². The van der Waals surface area contributed by atoms with Crippen molar-refractivity contribution in [2.45, 2.75) is 38.6 Å². The van der Waals surface area contributed by atoms with Gasteiger partial charge in [0.25, 0.3) is 0 Å². The summed E-state index contributed by atoms with van der Waals surface area (Å²) in [5.41, 5.74) is 2.84. The summed E-state index contributed by atoms with van der Waals surface area (Å²) < 4.78 is 0. The lowest BCUT2D eigenvalue weighted by Gasteiger charge is -2.29. The molecule has 0 aliphatic heterocycles. The number of hydrogen-bond donors (Lipinski definition) is 1. The Morgan fingerprint density at radius 1 is 1.17 bits per heavy atom. The van der Waals surface area contributed by atoms with Crippen LogP contribution < -0.4 is 5.32 Å². The van der Waals surface area contributed by atoms with E-state index < -0.39 is 0 Å². The fourth-order valence-corrected chi connectivity index (χ4v) is 3.05. The Bertz CT molecular complexity index is 459. The van der Waals surface area contributed by atoms with E-state index in [0.29, 0.717) is 6.04 Å². The Kier molecular flexibility index (Phi) is 4.07. The Morgan fingerprint density at radius 2 is 1.89 bits per heavy atom. The molecule has 2 heteroatoms. The maximum atomic E-state index is 3.56. The number of thiophene rings is 1. The molecule has 1 N–H and O–H groups in total. The molecule has 0 fully saturated rings. The molecule has 1 aromatic carbocycles. The van der Waals surface area contributed by atoms with Gasteiger partial charge in [0.1, 0.15) is 0 Å². The lowest BCUT2D eigenvalue weighted by molar-refractivity contribution is 0.450. The van der Waals surface area contributed by atoms with E-state index in [0.717, 1.165) is 6.42 Å². The lowest BCUT2D eigenvalue weighted by Crippen LogP contribution is -2.27. The Hall–Kier alpha value is -1.28. The molecule has 2 aromatic rings. The highest BCUT2D eigenvalue weighted by atomic mass is 32.1. The summed E-state index contributed by atoms with van der Waals surface area (Å²) in [5.74, 6) is 0. The first-order valence-corrected chi connectivity index (χ1v) is 7.36. The van der Waals surface area contributed by atoms with Crippen LogP contribution in [0.4, 0.5) is 5.69 Å². The second-order valence-electron chi connectivity index (χ2n) is 5.51. The van der Waals surface area contributed by atoms with Gasteiger partial charge in [0.05, 0.1) is 0 Å². The van der Waals surface area contributed by atoms with Crippen molar-refractivity contribution in [3.63, 3.8) is 0 Å². The lowest BCUT2D eigenvalue weighted by atomic mass is 9.79. The van der Waals surface area contributed by atoms with Crippen molar-refractivity contribution in [3.8, 4) is 0 Å². The van der Waals surface area contributed by atoms with Gasteiger partial charge in [-0.05, 0) is 35.8 Å². The highest BCUT2D eigenvalue weighted by Crippen LogP contribution is 2.29.